The number of hydrogen-bond acceptors (Lipinski definition) is 4. The number of amides is 1. The fourth-order valence-corrected chi connectivity index (χ4v) is 2.80. The van der Waals surface area contributed by atoms with Crippen molar-refractivity contribution in [2.24, 2.45) is 5.92 Å². The van der Waals surface area contributed by atoms with E-state index in [-0.39, 0.29) is 5.91 Å². The Bertz CT molecular complexity index is 483. The molecule has 21 heavy (non-hydrogen) atoms. The van der Waals surface area contributed by atoms with Crippen LogP contribution in [0.2, 0.25) is 0 Å². The van der Waals surface area contributed by atoms with Gasteiger partial charge in [0, 0.05) is 24.5 Å². The largest absolute Gasteiger partial charge is 0.399 e. The van der Waals surface area contributed by atoms with Gasteiger partial charge in [0.1, 0.15) is 0 Å². The fourth-order valence-electron chi connectivity index (χ4n) is 2.80. The minimum absolute atomic E-state index is 0.127. The average molecular weight is 290 g/mol. The van der Waals surface area contributed by atoms with Crippen LogP contribution >= 0.6 is 0 Å². The van der Waals surface area contributed by atoms with Crippen molar-refractivity contribution in [2.45, 2.75) is 26.2 Å². The van der Waals surface area contributed by atoms with E-state index >= 15 is 0 Å². The van der Waals surface area contributed by atoms with Gasteiger partial charge in [-0.3, -0.25) is 4.79 Å². The second kappa shape index (κ2) is 7.31. The van der Waals surface area contributed by atoms with Crippen LogP contribution in [0, 0.1) is 5.92 Å². The Morgan fingerprint density at radius 2 is 2.00 bits per heavy atom. The summed E-state index contributed by atoms with van der Waals surface area (Å²) in [7, 11) is 0. The van der Waals surface area contributed by atoms with Crippen molar-refractivity contribution in [2.75, 3.05) is 37.6 Å². The molecule has 2 rings (SSSR count). The topological polar surface area (TPSA) is 84.4 Å². The Morgan fingerprint density at radius 1 is 1.29 bits per heavy atom. The number of carbonyl (C=O) groups is 1. The van der Waals surface area contributed by atoms with Gasteiger partial charge in [-0.2, -0.15) is 0 Å². The highest BCUT2D eigenvalue weighted by Gasteiger charge is 2.15. The van der Waals surface area contributed by atoms with E-state index in [0.29, 0.717) is 29.4 Å². The van der Waals surface area contributed by atoms with E-state index in [2.05, 4.69) is 17.1 Å². The van der Waals surface area contributed by atoms with Crippen LogP contribution in [0.5, 0.6) is 0 Å². The summed E-state index contributed by atoms with van der Waals surface area (Å²) in [5.41, 5.74) is 13.0. The molecule has 1 heterocycles. The summed E-state index contributed by atoms with van der Waals surface area (Å²) < 4.78 is 0. The molecule has 0 bridgehead atoms. The standard InChI is InChI=1S/C16H26N4O/c1-12(11-20-7-3-2-4-8-20)10-19-16(21)14-6-5-13(17)9-15(14)18/h5-6,9,12H,2-4,7-8,10-11,17-18H2,1H3,(H,19,21). The quantitative estimate of drug-likeness (QED) is 0.721. The number of nitrogens with zero attached hydrogens (tertiary/aromatic N) is 1. The first-order valence-corrected chi connectivity index (χ1v) is 7.72. The van der Waals surface area contributed by atoms with Crippen LogP contribution in [0.4, 0.5) is 11.4 Å². The third-order valence-corrected chi connectivity index (χ3v) is 3.95. The van der Waals surface area contributed by atoms with Gasteiger partial charge in [-0.25, -0.2) is 0 Å². The molecule has 5 N–H and O–H groups in total. The van der Waals surface area contributed by atoms with E-state index in [4.69, 9.17) is 11.5 Å². The Labute approximate surface area is 126 Å². The Morgan fingerprint density at radius 3 is 2.67 bits per heavy atom. The molecule has 1 atom stereocenters. The maximum Gasteiger partial charge on any atom is 0.253 e. The van der Waals surface area contributed by atoms with E-state index < -0.39 is 0 Å². The number of nitrogens with one attached hydrogen (secondary N) is 1. The van der Waals surface area contributed by atoms with Crippen molar-refractivity contribution in [3.63, 3.8) is 0 Å². The fraction of sp³-hybridized carbons (Fsp3) is 0.562. The molecule has 0 aromatic heterocycles. The number of anilines is 2. The zero-order valence-electron chi connectivity index (χ0n) is 12.8. The molecule has 1 aromatic carbocycles. The summed E-state index contributed by atoms with van der Waals surface area (Å²) in [4.78, 5) is 14.6. The lowest BCUT2D eigenvalue weighted by Crippen LogP contribution is -2.38. The number of benzene rings is 1. The van der Waals surface area contributed by atoms with Gasteiger partial charge in [-0.15, -0.1) is 0 Å². The van der Waals surface area contributed by atoms with Crippen LogP contribution in [0.1, 0.15) is 36.5 Å². The first-order chi connectivity index (χ1) is 10.1. The molecule has 0 aliphatic carbocycles. The molecule has 1 amide bonds. The summed E-state index contributed by atoms with van der Waals surface area (Å²) in [5.74, 6) is 0.306. The second-order valence-electron chi connectivity index (χ2n) is 6.02. The highest BCUT2D eigenvalue weighted by atomic mass is 16.1. The van der Waals surface area contributed by atoms with Gasteiger partial charge in [0.15, 0.2) is 0 Å². The van der Waals surface area contributed by atoms with E-state index in [1.807, 2.05) is 0 Å². The third-order valence-electron chi connectivity index (χ3n) is 3.95. The molecular weight excluding hydrogens is 264 g/mol. The van der Waals surface area contributed by atoms with Crippen molar-refractivity contribution in [1.82, 2.24) is 10.2 Å². The third kappa shape index (κ3) is 4.63. The van der Waals surface area contributed by atoms with Crippen LogP contribution < -0.4 is 16.8 Å². The lowest BCUT2D eigenvalue weighted by atomic mass is 10.1. The van der Waals surface area contributed by atoms with E-state index in [0.717, 1.165) is 6.54 Å². The monoisotopic (exact) mass is 290 g/mol. The number of carbonyl (C=O) groups excluding carboxylic acids is 1. The van der Waals surface area contributed by atoms with Crippen LogP contribution in [0.15, 0.2) is 18.2 Å². The molecule has 1 aliphatic rings. The summed E-state index contributed by atoms with van der Waals surface area (Å²) in [6, 6.07) is 4.99. The van der Waals surface area contributed by atoms with Gasteiger partial charge in [0.25, 0.3) is 5.91 Å². The van der Waals surface area contributed by atoms with Gasteiger partial charge >= 0.3 is 0 Å². The van der Waals surface area contributed by atoms with Crippen molar-refractivity contribution in [3.8, 4) is 0 Å². The van der Waals surface area contributed by atoms with Gasteiger partial charge in [-0.1, -0.05) is 13.3 Å². The smallest absolute Gasteiger partial charge is 0.253 e. The van der Waals surface area contributed by atoms with Crippen LogP contribution in [0.3, 0.4) is 0 Å². The molecule has 1 aliphatic heterocycles. The first kappa shape index (κ1) is 15.6. The highest BCUT2D eigenvalue weighted by molar-refractivity contribution is 5.99. The molecule has 1 saturated heterocycles. The SMILES string of the molecule is CC(CNC(=O)c1ccc(N)cc1N)CN1CCCCC1. The number of hydrogen-bond donors (Lipinski definition) is 3. The average Bonchev–Trinajstić information content (AvgIpc) is 2.46. The maximum atomic E-state index is 12.1. The number of piperidine rings is 1. The predicted octanol–water partition coefficient (Wildman–Crippen LogP) is 1.70. The number of nitrogen functional groups attached to an aromatic ring is 2. The molecule has 0 radical (unpaired) electrons. The van der Waals surface area contributed by atoms with Gasteiger partial charge in [0.2, 0.25) is 0 Å². The van der Waals surface area contributed by atoms with Crippen LogP contribution in [-0.4, -0.2) is 37.0 Å². The molecule has 116 valence electrons. The lowest BCUT2D eigenvalue weighted by Gasteiger charge is -2.29. The summed E-state index contributed by atoms with van der Waals surface area (Å²) >= 11 is 0. The molecule has 0 spiro atoms. The molecular formula is C16H26N4O. The van der Waals surface area contributed by atoms with E-state index in [1.165, 1.54) is 32.4 Å². The number of likely N-dealkylation sites (tertiary alicyclic amines) is 1. The summed E-state index contributed by atoms with van der Waals surface area (Å²) in [6.07, 6.45) is 3.93. The minimum Gasteiger partial charge on any atom is -0.399 e. The number of nitrogens with two attached hydrogens (primary N) is 2. The van der Waals surface area contributed by atoms with Gasteiger partial charge in [-0.05, 0) is 50.0 Å². The summed E-state index contributed by atoms with van der Waals surface area (Å²) in [5, 5.41) is 2.96. The summed E-state index contributed by atoms with van der Waals surface area (Å²) in [6.45, 7) is 6.24. The predicted molar refractivity (Wildman–Crippen MR) is 87.1 cm³/mol. The zero-order valence-corrected chi connectivity index (χ0v) is 12.8. The molecule has 1 fully saturated rings. The molecule has 5 nitrogen and oxygen atoms in total. The molecule has 1 aromatic rings. The first-order valence-electron chi connectivity index (χ1n) is 7.72. The van der Waals surface area contributed by atoms with Crippen molar-refractivity contribution in [3.05, 3.63) is 23.8 Å². The van der Waals surface area contributed by atoms with Crippen molar-refractivity contribution in [1.29, 1.82) is 0 Å². The van der Waals surface area contributed by atoms with Crippen LogP contribution in [-0.2, 0) is 0 Å². The van der Waals surface area contributed by atoms with Gasteiger partial charge in [0.05, 0.1) is 5.56 Å². The maximum absolute atomic E-state index is 12.1. The van der Waals surface area contributed by atoms with Crippen molar-refractivity contribution >= 4 is 17.3 Å². The number of rotatable bonds is 5. The second-order valence-corrected chi connectivity index (χ2v) is 6.02. The normalized spacial score (nSPS) is 17.4. The van der Waals surface area contributed by atoms with E-state index in [9.17, 15) is 4.79 Å². The van der Waals surface area contributed by atoms with Crippen LogP contribution in [0.25, 0.3) is 0 Å². The lowest BCUT2D eigenvalue weighted by molar-refractivity contribution is 0.0943. The highest BCUT2D eigenvalue weighted by Crippen LogP contribution is 2.15. The van der Waals surface area contributed by atoms with E-state index in [1.54, 1.807) is 18.2 Å². The van der Waals surface area contributed by atoms with Gasteiger partial charge < -0.3 is 21.7 Å². The Kier molecular flexibility index (Phi) is 5.44. The Hall–Kier alpha value is -1.75. The van der Waals surface area contributed by atoms with Crippen molar-refractivity contribution < 1.29 is 4.79 Å². The molecule has 0 saturated carbocycles. The molecule has 1 unspecified atom stereocenters. The minimum atomic E-state index is -0.127. The Balaban J connectivity index is 1.80. The molecule has 5 heteroatoms. The zero-order chi connectivity index (χ0) is 15.2.